The van der Waals surface area contributed by atoms with Crippen LogP contribution in [0.2, 0.25) is 0 Å². The number of aromatic nitrogens is 2. The number of rotatable bonds is 5. The molecular weight excluding hydrogens is 230 g/mol. The standard InChI is InChI=1S/C12H21N5O/c1-17(2)7-3-5-14-12(18)11-9-8-13-6-4-10(9)15-16-11/h13H,3-8H2,1-2H3,(H,14,18)(H,15,16). The Bertz CT molecular complexity index is 413. The third-order valence-corrected chi connectivity index (χ3v) is 3.09. The van der Waals surface area contributed by atoms with Crippen LogP contribution >= 0.6 is 0 Å². The lowest BCUT2D eigenvalue weighted by Gasteiger charge is -2.13. The third kappa shape index (κ3) is 3.08. The second kappa shape index (κ2) is 5.97. The Morgan fingerprint density at radius 2 is 2.33 bits per heavy atom. The molecule has 0 saturated carbocycles. The van der Waals surface area contributed by atoms with Crippen LogP contribution in [0, 0.1) is 0 Å². The van der Waals surface area contributed by atoms with E-state index in [9.17, 15) is 4.79 Å². The zero-order chi connectivity index (χ0) is 13.0. The van der Waals surface area contributed by atoms with Gasteiger partial charge in [-0.05, 0) is 27.1 Å². The third-order valence-electron chi connectivity index (χ3n) is 3.09. The zero-order valence-electron chi connectivity index (χ0n) is 11.0. The molecule has 1 amide bonds. The van der Waals surface area contributed by atoms with Crippen LogP contribution in [0.1, 0.15) is 28.2 Å². The Kier molecular flexibility index (Phi) is 4.33. The molecule has 0 radical (unpaired) electrons. The van der Waals surface area contributed by atoms with Gasteiger partial charge in [0.05, 0.1) is 0 Å². The molecule has 1 aromatic heterocycles. The number of nitrogens with zero attached hydrogens (tertiary/aromatic N) is 2. The maximum atomic E-state index is 12.0. The van der Waals surface area contributed by atoms with Crippen LogP contribution in [0.25, 0.3) is 0 Å². The minimum Gasteiger partial charge on any atom is -0.351 e. The van der Waals surface area contributed by atoms with E-state index >= 15 is 0 Å². The highest BCUT2D eigenvalue weighted by Gasteiger charge is 2.20. The molecule has 1 aliphatic rings. The van der Waals surface area contributed by atoms with Gasteiger partial charge >= 0.3 is 0 Å². The van der Waals surface area contributed by atoms with Gasteiger partial charge in [0.1, 0.15) is 0 Å². The molecule has 0 aromatic carbocycles. The lowest BCUT2D eigenvalue weighted by atomic mass is 10.1. The summed E-state index contributed by atoms with van der Waals surface area (Å²) in [7, 11) is 4.05. The van der Waals surface area contributed by atoms with Crippen LogP contribution in [0.4, 0.5) is 0 Å². The van der Waals surface area contributed by atoms with E-state index in [-0.39, 0.29) is 5.91 Å². The average Bonchev–Trinajstić information content (AvgIpc) is 2.78. The molecule has 2 heterocycles. The van der Waals surface area contributed by atoms with Gasteiger partial charge in [0, 0.05) is 37.3 Å². The van der Waals surface area contributed by atoms with Crippen LogP contribution < -0.4 is 10.6 Å². The number of amides is 1. The van der Waals surface area contributed by atoms with Gasteiger partial charge in [0.25, 0.3) is 5.91 Å². The lowest BCUT2D eigenvalue weighted by Crippen LogP contribution is -2.30. The molecule has 6 nitrogen and oxygen atoms in total. The van der Waals surface area contributed by atoms with Crippen molar-refractivity contribution in [1.82, 2.24) is 25.7 Å². The van der Waals surface area contributed by atoms with Crippen LogP contribution in [0.3, 0.4) is 0 Å². The number of hydrogen-bond acceptors (Lipinski definition) is 4. The fraction of sp³-hybridized carbons (Fsp3) is 0.667. The van der Waals surface area contributed by atoms with Crippen LogP contribution in [0.15, 0.2) is 0 Å². The maximum Gasteiger partial charge on any atom is 0.272 e. The normalized spacial score (nSPS) is 14.6. The number of H-pyrrole nitrogens is 1. The molecule has 3 N–H and O–H groups in total. The monoisotopic (exact) mass is 251 g/mol. The molecule has 0 spiro atoms. The molecule has 0 saturated heterocycles. The van der Waals surface area contributed by atoms with Crippen molar-refractivity contribution in [3.8, 4) is 0 Å². The van der Waals surface area contributed by atoms with E-state index < -0.39 is 0 Å². The van der Waals surface area contributed by atoms with Crippen molar-refractivity contribution in [3.05, 3.63) is 17.0 Å². The first kappa shape index (κ1) is 13.0. The number of aromatic amines is 1. The van der Waals surface area contributed by atoms with Gasteiger partial charge in [-0.3, -0.25) is 9.89 Å². The quantitative estimate of drug-likeness (QED) is 0.630. The van der Waals surface area contributed by atoms with Crippen LogP contribution in [0.5, 0.6) is 0 Å². The molecule has 18 heavy (non-hydrogen) atoms. The molecule has 0 fully saturated rings. The van der Waals surface area contributed by atoms with E-state index in [0.717, 1.165) is 43.7 Å². The summed E-state index contributed by atoms with van der Waals surface area (Å²) in [5.74, 6) is -0.0741. The molecule has 100 valence electrons. The SMILES string of the molecule is CN(C)CCCNC(=O)c1n[nH]c2c1CNCC2. The second-order valence-electron chi connectivity index (χ2n) is 4.87. The Balaban J connectivity index is 1.87. The minimum atomic E-state index is -0.0741. The minimum absolute atomic E-state index is 0.0741. The number of carbonyl (C=O) groups excluding carboxylic acids is 1. The number of hydrogen-bond donors (Lipinski definition) is 3. The fourth-order valence-corrected chi connectivity index (χ4v) is 2.09. The van der Waals surface area contributed by atoms with E-state index in [0.29, 0.717) is 12.2 Å². The Hall–Kier alpha value is -1.40. The summed E-state index contributed by atoms with van der Waals surface area (Å²) in [5.41, 5.74) is 2.65. The maximum absolute atomic E-state index is 12.0. The summed E-state index contributed by atoms with van der Waals surface area (Å²) in [6, 6.07) is 0. The molecule has 1 aromatic rings. The molecule has 2 rings (SSSR count). The van der Waals surface area contributed by atoms with Crippen molar-refractivity contribution in [1.29, 1.82) is 0 Å². The van der Waals surface area contributed by atoms with Crippen molar-refractivity contribution >= 4 is 5.91 Å². The summed E-state index contributed by atoms with van der Waals surface area (Å²) in [6.45, 7) is 3.33. The first-order valence-electron chi connectivity index (χ1n) is 6.38. The van der Waals surface area contributed by atoms with Crippen molar-refractivity contribution < 1.29 is 4.79 Å². The largest absolute Gasteiger partial charge is 0.351 e. The summed E-state index contributed by atoms with van der Waals surface area (Å²) in [4.78, 5) is 14.1. The van der Waals surface area contributed by atoms with E-state index in [1.165, 1.54) is 0 Å². The summed E-state index contributed by atoms with van der Waals surface area (Å²) in [5, 5.41) is 13.3. The van der Waals surface area contributed by atoms with Crippen molar-refractivity contribution in [2.75, 3.05) is 33.7 Å². The predicted octanol–water partition coefficient (Wildman–Crippen LogP) is -0.263. The molecule has 0 atom stereocenters. The molecule has 0 bridgehead atoms. The first-order chi connectivity index (χ1) is 8.68. The zero-order valence-corrected chi connectivity index (χ0v) is 11.0. The Labute approximate surface area is 107 Å². The van der Waals surface area contributed by atoms with Gasteiger partial charge < -0.3 is 15.5 Å². The number of nitrogens with one attached hydrogen (secondary N) is 3. The topological polar surface area (TPSA) is 73.0 Å². The van der Waals surface area contributed by atoms with Gasteiger partial charge in [-0.1, -0.05) is 0 Å². The highest BCUT2D eigenvalue weighted by atomic mass is 16.1. The van der Waals surface area contributed by atoms with Crippen LogP contribution in [-0.4, -0.2) is 54.7 Å². The first-order valence-corrected chi connectivity index (χ1v) is 6.38. The second-order valence-corrected chi connectivity index (χ2v) is 4.87. The summed E-state index contributed by atoms with van der Waals surface area (Å²) < 4.78 is 0. The van der Waals surface area contributed by atoms with Crippen molar-refractivity contribution in [3.63, 3.8) is 0 Å². The van der Waals surface area contributed by atoms with Crippen LogP contribution in [-0.2, 0) is 13.0 Å². The van der Waals surface area contributed by atoms with Crippen molar-refractivity contribution in [2.24, 2.45) is 0 Å². The van der Waals surface area contributed by atoms with Gasteiger partial charge in [0.2, 0.25) is 0 Å². The Morgan fingerprint density at radius 3 is 3.11 bits per heavy atom. The fourth-order valence-electron chi connectivity index (χ4n) is 2.09. The Morgan fingerprint density at radius 1 is 1.50 bits per heavy atom. The number of carbonyl (C=O) groups is 1. The molecule has 6 heteroatoms. The lowest BCUT2D eigenvalue weighted by molar-refractivity contribution is 0.0946. The molecule has 0 unspecified atom stereocenters. The summed E-state index contributed by atoms with van der Waals surface area (Å²) >= 11 is 0. The average molecular weight is 251 g/mol. The number of fused-ring (bicyclic) bond motifs is 1. The smallest absolute Gasteiger partial charge is 0.272 e. The van der Waals surface area contributed by atoms with E-state index in [4.69, 9.17) is 0 Å². The van der Waals surface area contributed by atoms with Crippen molar-refractivity contribution in [2.45, 2.75) is 19.4 Å². The molecule has 0 aliphatic carbocycles. The van der Waals surface area contributed by atoms with E-state index in [2.05, 4.69) is 25.7 Å². The van der Waals surface area contributed by atoms with Gasteiger partial charge in [-0.15, -0.1) is 0 Å². The highest BCUT2D eigenvalue weighted by molar-refractivity contribution is 5.94. The van der Waals surface area contributed by atoms with Gasteiger partial charge in [-0.25, -0.2) is 0 Å². The summed E-state index contributed by atoms with van der Waals surface area (Å²) in [6.07, 6.45) is 1.86. The highest BCUT2D eigenvalue weighted by Crippen LogP contribution is 2.14. The van der Waals surface area contributed by atoms with E-state index in [1.54, 1.807) is 0 Å². The molecule has 1 aliphatic heterocycles. The molecular formula is C12H21N5O. The van der Waals surface area contributed by atoms with Gasteiger partial charge in [-0.2, -0.15) is 5.10 Å². The van der Waals surface area contributed by atoms with E-state index in [1.807, 2.05) is 14.1 Å². The van der Waals surface area contributed by atoms with Gasteiger partial charge in [0.15, 0.2) is 5.69 Å². The predicted molar refractivity (Wildman–Crippen MR) is 69.5 cm³/mol.